The summed E-state index contributed by atoms with van der Waals surface area (Å²) in [6.45, 7) is 2.63. The number of carbonyl (C=O) groups is 1. The van der Waals surface area contributed by atoms with Crippen LogP contribution in [0.1, 0.15) is 22.3 Å². The lowest BCUT2D eigenvalue weighted by Crippen LogP contribution is -2.08. The lowest BCUT2D eigenvalue weighted by atomic mass is 10.1. The second-order valence-electron chi connectivity index (χ2n) is 4.47. The zero-order valence-corrected chi connectivity index (χ0v) is 11.6. The van der Waals surface area contributed by atoms with Gasteiger partial charge in [0.2, 0.25) is 0 Å². The molecule has 0 saturated carbocycles. The van der Waals surface area contributed by atoms with E-state index in [9.17, 15) is 4.79 Å². The number of aryl methyl sites for hydroxylation is 1. The van der Waals surface area contributed by atoms with Crippen molar-refractivity contribution < 1.29 is 4.79 Å². The number of anilines is 1. The fourth-order valence-corrected chi connectivity index (χ4v) is 1.90. The molecule has 0 fully saturated rings. The lowest BCUT2D eigenvalue weighted by molar-refractivity contribution is 0.0986. The SMILES string of the molecule is Cc1ccc(C(=O)CCNc2ccc(Cl)cc2)cc1. The summed E-state index contributed by atoms with van der Waals surface area (Å²) in [5, 5.41) is 3.91. The fraction of sp³-hybridized carbons (Fsp3) is 0.188. The standard InChI is InChI=1S/C16H16ClNO/c1-12-2-4-13(5-3-12)16(19)10-11-18-15-8-6-14(17)7-9-15/h2-9,18H,10-11H2,1H3. The van der Waals surface area contributed by atoms with Gasteiger partial charge in [-0.25, -0.2) is 0 Å². The van der Waals surface area contributed by atoms with Crippen molar-refractivity contribution in [3.63, 3.8) is 0 Å². The van der Waals surface area contributed by atoms with Gasteiger partial charge < -0.3 is 5.32 Å². The Labute approximate surface area is 118 Å². The monoisotopic (exact) mass is 273 g/mol. The first-order valence-corrected chi connectivity index (χ1v) is 6.62. The summed E-state index contributed by atoms with van der Waals surface area (Å²) in [5.74, 6) is 0.154. The molecule has 0 radical (unpaired) electrons. The zero-order chi connectivity index (χ0) is 13.7. The number of carbonyl (C=O) groups excluding carboxylic acids is 1. The van der Waals surface area contributed by atoms with Crippen LogP contribution in [0.25, 0.3) is 0 Å². The first-order valence-electron chi connectivity index (χ1n) is 6.24. The molecule has 0 bridgehead atoms. The smallest absolute Gasteiger partial charge is 0.164 e. The highest BCUT2D eigenvalue weighted by Crippen LogP contribution is 2.13. The molecule has 2 aromatic carbocycles. The van der Waals surface area contributed by atoms with E-state index in [2.05, 4.69) is 5.32 Å². The predicted molar refractivity (Wildman–Crippen MR) is 80.1 cm³/mol. The van der Waals surface area contributed by atoms with E-state index in [4.69, 9.17) is 11.6 Å². The molecule has 3 heteroatoms. The number of rotatable bonds is 5. The maximum Gasteiger partial charge on any atom is 0.164 e. The van der Waals surface area contributed by atoms with Crippen molar-refractivity contribution >= 4 is 23.1 Å². The molecule has 0 aliphatic heterocycles. The second kappa shape index (κ2) is 6.39. The van der Waals surface area contributed by atoms with Gasteiger partial charge in [0.05, 0.1) is 0 Å². The van der Waals surface area contributed by atoms with Crippen molar-refractivity contribution in [3.8, 4) is 0 Å². The Morgan fingerprint density at radius 2 is 1.68 bits per heavy atom. The molecule has 2 rings (SSSR count). The average molecular weight is 274 g/mol. The molecule has 0 unspecified atom stereocenters. The number of benzene rings is 2. The van der Waals surface area contributed by atoms with Crippen LogP contribution in [0, 0.1) is 6.92 Å². The number of hydrogen-bond acceptors (Lipinski definition) is 2. The van der Waals surface area contributed by atoms with Crippen molar-refractivity contribution in [1.29, 1.82) is 0 Å². The van der Waals surface area contributed by atoms with Crippen molar-refractivity contribution in [3.05, 3.63) is 64.7 Å². The van der Waals surface area contributed by atoms with Gasteiger partial charge in [0.1, 0.15) is 0 Å². The third-order valence-electron chi connectivity index (χ3n) is 2.90. The van der Waals surface area contributed by atoms with Gasteiger partial charge in [-0.3, -0.25) is 4.79 Å². The van der Waals surface area contributed by atoms with E-state index in [0.717, 1.165) is 16.8 Å². The Morgan fingerprint density at radius 1 is 1.05 bits per heavy atom. The van der Waals surface area contributed by atoms with E-state index in [-0.39, 0.29) is 5.78 Å². The number of hydrogen-bond donors (Lipinski definition) is 1. The predicted octanol–water partition coefficient (Wildman–Crippen LogP) is 4.33. The van der Waals surface area contributed by atoms with E-state index in [0.29, 0.717) is 18.0 Å². The van der Waals surface area contributed by atoms with Crippen molar-refractivity contribution in [2.24, 2.45) is 0 Å². The van der Waals surface area contributed by atoms with Gasteiger partial charge >= 0.3 is 0 Å². The van der Waals surface area contributed by atoms with Gasteiger partial charge in [-0.05, 0) is 31.2 Å². The maximum absolute atomic E-state index is 11.9. The molecule has 98 valence electrons. The van der Waals surface area contributed by atoms with Gasteiger partial charge in [0, 0.05) is 29.2 Å². The Balaban J connectivity index is 1.84. The van der Waals surface area contributed by atoms with E-state index >= 15 is 0 Å². The molecular weight excluding hydrogens is 258 g/mol. The molecule has 19 heavy (non-hydrogen) atoms. The van der Waals surface area contributed by atoms with Crippen LogP contribution >= 0.6 is 11.6 Å². The van der Waals surface area contributed by atoms with E-state index in [1.54, 1.807) is 0 Å². The van der Waals surface area contributed by atoms with Gasteiger partial charge in [-0.15, -0.1) is 0 Å². The summed E-state index contributed by atoms with van der Waals surface area (Å²) in [6, 6.07) is 15.1. The maximum atomic E-state index is 11.9. The molecule has 0 aliphatic rings. The third kappa shape index (κ3) is 4.11. The van der Waals surface area contributed by atoms with Crippen LogP contribution in [0.5, 0.6) is 0 Å². The highest BCUT2D eigenvalue weighted by atomic mass is 35.5. The highest BCUT2D eigenvalue weighted by molar-refractivity contribution is 6.30. The van der Waals surface area contributed by atoms with Gasteiger partial charge in [0.15, 0.2) is 5.78 Å². The minimum atomic E-state index is 0.154. The molecule has 0 saturated heterocycles. The summed E-state index contributed by atoms with van der Waals surface area (Å²) >= 11 is 5.81. The average Bonchev–Trinajstić information content (AvgIpc) is 2.41. The number of ketones is 1. The van der Waals surface area contributed by atoms with Crippen molar-refractivity contribution in [2.45, 2.75) is 13.3 Å². The largest absolute Gasteiger partial charge is 0.385 e. The van der Waals surface area contributed by atoms with Crippen molar-refractivity contribution in [2.75, 3.05) is 11.9 Å². The molecule has 0 atom stereocenters. The summed E-state index contributed by atoms with van der Waals surface area (Å²) in [7, 11) is 0. The van der Waals surface area contributed by atoms with Crippen LogP contribution in [0.15, 0.2) is 48.5 Å². The zero-order valence-electron chi connectivity index (χ0n) is 10.8. The summed E-state index contributed by atoms with van der Waals surface area (Å²) in [4.78, 5) is 11.9. The van der Waals surface area contributed by atoms with E-state index in [1.807, 2.05) is 55.5 Å². The quantitative estimate of drug-likeness (QED) is 0.822. The highest BCUT2D eigenvalue weighted by Gasteiger charge is 2.04. The molecular formula is C16H16ClNO. The van der Waals surface area contributed by atoms with Crippen LogP contribution in [0.4, 0.5) is 5.69 Å². The van der Waals surface area contributed by atoms with Crippen LogP contribution in [0.2, 0.25) is 5.02 Å². The molecule has 0 heterocycles. The summed E-state index contributed by atoms with van der Waals surface area (Å²) in [6.07, 6.45) is 0.478. The summed E-state index contributed by atoms with van der Waals surface area (Å²) in [5.41, 5.74) is 2.90. The van der Waals surface area contributed by atoms with Gasteiger partial charge in [-0.1, -0.05) is 41.4 Å². The van der Waals surface area contributed by atoms with Gasteiger partial charge in [-0.2, -0.15) is 0 Å². The topological polar surface area (TPSA) is 29.1 Å². The normalized spacial score (nSPS) is 10.2. The Bertz CT molecular complexity index is 546. The molecule has 0 spiro atoms. The summed E-state index contributed by atoms with van der Waals surface area (Å²) < 4.78 is 0. The van der Waals surface area contributed by atoms with Gasteiger partial charge in [0.25, 0.3) is 0 Å². The minimum absolute atomic E-state index is 0.154. The van der Waals surface area contributed by atoms with Crippen molar-refractivity contribution in [1.82, 2.24) is 0 Å². The Hall–Kier alpha value is -1.80. The van der Waals surface area contributed by atoms with Crippen LogP contribution in [-0.2, 0) is 0 Å². The first-order chi connectivity index (χ1) is 9.15. The number of halogens is 1. The second-order valence-corrected chi connectivity index (χ2v) is 4.91. The molecule has 0 aromatic heterocycles. The third-order valence-corrected chi connectivity index (χ3v) is 3.15. The Morgan fingerprint density at radius 3 is 2.32 bits per heavy atom. The number of Topliss-reactive ketones (excluding diaryl/α,β-unsaturated/α-hetero) is 1. The van der Waals surface area contributed by atoms with E-state index in [1.165, 1.54) is 0 Å². The van der Waals surface area contributed by atoms with E-state index < -0.39 is 0 Å². The molecule has 2 aromatic rings. The van der Waals surface area contributed by atoms with Crippen LogP contribution < -0.4 is 5.32 Å². The number of nitrogens with one attached hydrogen (secondary N) is 1. The molecule has 0 amide bonds. The van der Waals surface area contributed by atoms with Crippen LogP contribution in [-0.4, -0.2) is 12.3 Å². The van der Waals surface area contributed by atoms with Crippen LogP contribution in [0.3, 0.4) is 0 Å². The first kappa shape index (κ1) is 13.6. The molecule has 1 N–H and O–H groups in total. The lowest BCUT2D eigenvalue weighted by Gasteiger charge is -2.06. The molecule has 2 nitrogen and oxygen atoms in total. The minimum Gasteiger partial charge on any atom is -0.385 e. The fourth-order valence-electron chi connectivity index (χ4n) is 1.77. The Kier molecular flexibility index (Phi) is 4.58. The molecule has 0 aliphatic carbocycles.